The van der Waals surface area contributed by atoms with Gasteiger partial charge < -0.3 is 16.0 Å². The summed E-state index contributed by atoms with van der Waals surface area (Å²) < 4.78 is 0. The third-order valence-corrected chi connectivity index (χ3v) is 4.92. The lowest BCUT2D eigenvalue weighted by molar-refractivity contribution is 0.512. The first-order valence-electron chi connectivity index (χ1n) is 8.76. The number of aliphatic imine (C=N–C) groups is 1. The van der Waals surface area contributed by atoms with E-state index in [1.54, 1.807) is 18.4 Å². The number of nitrogens with one attached hydrogen (secondary N) is 3. The van der Waals surface area contributed by atoms with Crippen LogP contribution in [-0.4, -0.2) is 37.1 Å². The Morgan fingerprint density at radius 1 is 1.20 bits per heavy atom. The molecule has 2 rings (SSSR count). The van der Waals surface area contributed by atoms with E-state index >= 15 is 0 Å². The third-order valence-electron chi connectivity index (χ3n) is 3.94. The van der Waals surface area contributed by atoms with E-state index in [1.807, 2.05) is 24.4 Å². The zero-order valence-electron chi connectivity index (χ0n) is 15.5. The van der Waals surface area contributed by atoms with Gasteiger partial charge in [-0.1, -0.05) is 32.0 Å². The van der Waals surface area contributed by atoms with Crippen LogP contribution >= 0.6 is 11.3 Å². The van der Waals surface area contributed by atoms with Crippen molar-refractivity contribution in [2.24, 2.45) is 10.9 Å². The Morgan fingerprint density at radius 2 is 1.96 bits per heavy atom. The van der Waals surface area contributed by atoms with Crippen LogP contribution < -0.4 is 16.0 Å². The van der Waals surface area contributed by atoms with Gasteiger partial charge in [0.25, 0.3) is 0 Å². The van der Waals surface area contributed by atoms with E-state index in [-0.39, 0.29) is 0 Å². The predicted octanol–water partition coefficient (Wildman–Crippen LogP) is 3.30. The highest BCUT2D eigenvalue weighted by Crippen LogP contribution is 2.12. The molecule has 0 amide bonds. The van der Waals surface area contributed by atoms with Crippen LogP contribution in [0.15, 0.2) is 41.5 Å². The number of guanidine groups is 1. The van der Waals surface area contributed by atoms with Gasteiger partial charge in [0, 0.05) is 49.4 Å². The Labute approximate surface area is 155 Å². The number of para-hydroxylation sites is 1. The average molecular weight is 360 g/mol. The fraction of sp³-hybridized carbons (Fsp3) is 0.474. The topological polar surface area (TPSA) is 61.3 Å². The van der Waals surface area contributed by atoms with Crippen LogP contribution in [0.1, 0.15) is 23.7 Å². The number of rotatable bonds is 8. The minimum atomic E-state index is 0.322. The van der Waals surface area contributed by atoms with Gasteiger partial charge in [0.2, 0.25) is 0 Å². The summed E-state index contributed by atoms with van der Waals surface area (Å²) in [4.78, 5) is 9.96. The molecule has 0 saturated heterocycles. The van der Waals surface area contributed by atoms with Crippen LogP contribution in [0.25, 0.3) is 0 Å². The Kier molecular flexibility index (Phi) is 7.73. The molecule has 0 aliphatic carbocycles. The molecule has 1 unspecified atom stereocenters. The van der Waals surface area contributed by atoms with Gasteiger partial charge in [0.1, 0.15) is 0 Å². The average Bonchev–Trinajstić information content (AvgIpc) is 3.02. The monoisotopic (exact) mass is 359 g/mol. The van der Waals surface area contributed by atoms with E-state index < -0.39 is 0 Å². The maximum absolute atomic E-state index is 4.39. The van der Waals surface area contributed by atoms with Crippen molar-refractivity contribution in [3.8, 4) is 0 Å². The van der Waals surface area contributed by atoms with E-state index in [1.165, 1.54) is 4.88 Å². The minimum absolute atomic E-state index is 0.322. The van der Waals surface area contributed by atoms with E-state index in [0.29, 0.717) is 12.0 Å². The first-order chi connectivity index (χ1) is 12.1. The van der Waals surface area contributed by atoms with E-state index in [9.17, 15) is 0 Å². The highest BCUT2D eigenvalue weighted by Gasteiger charge is 2.13. The molecule has 6 heteroatoms. The summed E-state index contributed by atoms with van der Waals surface area (Å²) in [7, 11) is 1.80. The molecule has 0 aliphatic rings. The molecule has 0 radical (unpaired) electrons. The number of thiazole rings is 1. The largest absolute Gasteiger partial charge is 0.380 e. The molecule has 0 saturated carbocycles. The number of nitrogens with zero attached hydrogens (tertiary/aromatic N) is 2. The zero-order chi connectivity index (χ0) is 18.1. The van der Waals surface area contributed by atoms with Gasteiger partial charge in [0.15, 0.2) is 5.96 Å². The number of hydrogen-bond acceptors (Lipinski definition) is 4. The quantitative estimate of drug-likeness (QED) is 0.500. The van der Waals surface area contributed by atoms with E-state index in [0.717, 1.165) is 36.2 Å². The first kappa shape index (κ1) is 19.2. The summed E-state index contributed by atoms with van der Waals surface area (Å²) in [5.74, 6) is 1.33. The standard InChI is InChI=1S/C19H29N5S/c1-14(2)17(24-16-8-6-5-7-9-16)13-23-19(20-4)21-11-10-18-22-12-15(3)25-18/h5-9,12,14,17,24H,10-11,13H2,1-4H3,(H2,20,21,23). The lowest BCUT2D eigenvalue weighted by Crippen LogP contribution is -2.45. The van der Waals surface area contributed by atoms with Crippen molar-refractivity contribution in [3.63, 3.8) is 0 Å². The fourth-order valence-corrected chi connectivity index (χ4v) is 3.22. The molecule has 5 nitrogen and oxygen atoms in total. The molecule has 3 N–H and O–H groups in total. The normalized spacial score (nSPS) is 12.9. The van der Waals surface area contributed by atoms with E-state index in [4.69, 9.17) is 0 Å². The summed E-state index contributed by atoms with van der Waals surface area (Å²) >= 11 is 1.75. The lowest BCUT2D eigenvalue weighted by Gasteiger charge is -2.25. The van der Waals surface area contributed by atoms with Crippen molar-refractivity contribution in [1.82, 2.24) is 15.6 Å². The lowest BCUT2D eigenvalue weighted by atomic mass is 10.0. The van der Waals surface area contributed by atoms with Gasteiger partial charge in [-0.2, -0.15) is 0 Å². The molecule has 1 heterocycles. The highest BCUT2D eigenvalue weighted by atomic mass is 32.1. The summed E-state index contributed by atoms with van der Waals surface area (Å²) in [6.45, 7) is 8.17. The summed E-state index contributed by atoms with van der Waals surface area (Å²) in [5, 5.41) is 11.5. The van der Waals surface area contributed by atoms with Crippen molar-refractivity contribution in [2.75, 3.05) is 25.5 Å². The number of hydrogen-bond donors (Lipinski definition) is 3. The number of benzene rings is 1. The third kappa shape index (κ3) is 6.74. The number of anilines is 1. The number of aryl methyl sites for hydroxylation is 1. The van der Waals surface area contributed by atoms with Crippen molar-refractivity contribution in [3.05, 3.63) is 46.4 Å². The second-order valence-corrected chi connectivity index (χ2v) is 7.67. The Morgan fingerprint density at radius 3 is 2.56 bits per heavy atom. The van der Waals surface area contributed by atoms with E-state index in [2.05, 4.69) is 58.8 Å². The van der Waals surface area contributed by atoms with Gasteiger partial charge >= 0.3 is 0 Å². The Hall–Kier alpha value is -2.08. The van der Waals surface area contributed by atoms with Crippen LogP contribution in [0.4, 0.5) is 5.69 Å². The molecular weight excluding hydrogens is 330 g/mol. The van der Waals surface area contributed by atoms with Gasteiger partial charge in [-0.05, 0) is 25.0 Å². The molecular formula is C19H29N5S. The van der Waals surface area contributed by atoms with Crippen LogP contribution in [-0.2, 0) is 6.42 Å². The first-order valence-corrected chi connectivity index (χ1v) is 9.57. The van der Waals surface area contributed by atoms with Crippen LogP contribution in [0, 0.1) is 12.8 Å². The molecule has 0 spiro atoms. The molecule has 136 valence electrons. The Bertz CT molecular complexity index is 651. The molecule has 2 aromatic rings. The Balaban J connectivity index is 1.78. The summed E-state index contributed by atoms with van der Waals surface area (Å²) in [6.07, 6.45) is 2.84. The summed E-state index contributed by atoms with van der Waals surface area (Å²) in [5.41, 5.74) is 1.14. The number of aromatic nitrogens is 1. The zero-order valence-corrected chi connectivity index (χ0v) is 16.4. The molecule has 1 atom stereocenters. The molecule has 1 aromatic carbocycles. The summed E-state index contributed by atoms with van der Waals surface area (Å²) in [6, 6.07) is 10.6. The predicted molar refractivity (Wildman–Crippen MR) is 109 cm³/mol. The van der Waals surface area contributed by atoms with Crippen LogP contribution in [0.3, 0.4) is 0 Å². The van der Waals surface area contributed by atoms with Crippen molar-refractivity contribution >= 4 is 23.0 Å². The van der Waals surface area contributed by atoms with Crippen molar-refractivity contribution in [1.29, 1.82) is 0 Å². The maximum atomic E-state index is 4.39. The minimum Gasteiger partial charge on any atom is -0.380 e. The van der Waals surface area contributed by atoms with Gasteiger partial charge in [-0.25, -0.2) is 4.98 Å². The second kappa shape index (κ2) is 10.0. The van der Waals surface area contributed by atoms with Crippen molar-refractivity contribution < 1.29 is 0 Å². The fourth-order valence-electron chi connectivity index (χ4n) is 2.43. The van der Waals surface area contributed by atoms with Crippen molar-refractivity contribution in [2.45, 2.75) is 33.2 Å². The highest BCUT2D eigenvalue weighted by molar-refractivity contribution is 7.11. The molecule has 25 heavy (non-hydrogen) atoms. The van der Waals surface area contributed by atoms with Gasteiger partial charge in [0.05, 0.1) is 5.01 Å². The van der Waals surface area contributed by atoms with Gasteiger partial charge in [-0.15, -0.1) is 11.3 Å². The smallest absolute Gasteiger partial charge is 0.191 e. The van der Waals surface area contributed by atoms with Crippen LogP contribution in [0.2, 0.25) is 0 Å². The molecule has 0 bridgehead atoms. The molecule has 1 aromatic heterocycles. The maximum Gasteiger partial charge on any atom is 0.191 e. The SMILES string of the molecule is CN=C(NCCc1ncc(C)s1)NCC(Nc1ccccc1)C(C)C. The van der Waals surface area contributed by atoms with Crippen LogP contribution in [0.5, 0.6) is 0 Å². The second-order valence-electron chi connectivity index (χ2n) is 6.36. The van der Waals surface area contributed by atoms with Gasteiger partial charge in [-0.3, -0.25) is 4.99 Å². The molecule has 0 aliphatic heterocycles. The molecule has 0 fully saturated rings.